The Kier molecular flexibility index (Phi) is 7.90. The van der Waals surface area contributed by atoms with E-state index in [-0.39, 0.29) is 5.91 Å². The van der Waals surface area contributed by atoms with E-state index in [0.717, 1.165) is 65.4 Å². The number of benzene rings is 1. The first-order valence-electron chi connectivity index (χ1n) is 10.6. The van der Waals surface area contributed by atoms with Crippen molar-refractivity contribution in [3.63, 3.8) is 0 Å². The molecule has 1 fully saturated rings. The first-order chi connectivity index (χ1) is 15.5. The summed E-state index contributed by atoms with van der Waals surface area (Å²) in [4.78, 5) is 28.5. The van der Waals surface area contributed by atoms with Crippen molar-refractivity contribution >= 4 is 58.4 Å². The van der Waals surface area contributed by atoms with Crippen LogP contribution < -0.4 is 5.32 Å². The van der Waals surface area contributed by atoms with E-state index in [0.29, 0.717) is 16.7 Å². The fourth-order valence-electron chi connectivity index (χ4n) is 3.75. The Balaban J connectivity index is 1.20. The predicted molar refractivity (Wildman–Crippen MR) is 136 cm³/mol. The van der Waals surface area contributed by atoms with E-state index in [2.05, 4.69) is 36.1 Å². The second-order valence-corrected chi connectivity index (χ2v) is 10.1. The second-order valence-electron chi connectivity index (χ2n) is 7.80. The Morgan fingerprint density at radius 1 is 1.19 bits per heavy atom. The third-order valence-electron chi connectivity index (χ3n) is 5.45. The van der Waals surface area contributed by atoms with Crippen LogP contribution in [-0.4, -0.2) is 81.9 Å². The van der Waals surface area contributed by atoms with E-state index in [1.54, 1.807) is 23.5 Å². The Morgan fingerprint density at radius 3 is 2.69 bits per heavy atom. The molecule has 0 spiro atoms. The number of carbonyl (C=O) groups excluding carboxylic acids is 1. The van der Waals surface area contributed by atoms with Gasteiger partial charge in [-0.15, -0.1) is 11.8 Å². The summed E-state index contributed by atoms with van der Waals surface area (Å²) in [6.07, 6.45) is 1.97. The molecule has 0 saturated carbocycles. The third kappa shape index (κ3) is 5.93. The molecule has 3 N–H and O–H groups in total. The fourth-order valence-corrected chi connectivity index (χ4v) is 5.66. The molecule has 2 aromatic heterocycles. The van der Waals surface area contributed by atoms with Crippen molar-refractivity contribution in [1.82, 2.24) is 24.8 Å². The molecule has 3 aromatic rings. The van der Waals surface area contributed by atoms with Gasteiger partial charge in [-0.05, 0) is 31.4 Å². The zero-order chi connectivity index (χ0) is 22.5. The number of aromatic nitrogens is 3. The zero-order valence-electron chi connectivity index (χ0n) is 18.3. The highest BCUT2D eigenvalue weighted by molar-refractivity contribution is 7.99. The first-order valence-corrected chi connectivity index (χ1v) is 13.2. The average Bonchev–Trinajstić information content (AvgIpc) is 3.19. The predicted octanol–water partition coefficient (Wildman–Crippen LogP) is 4.00. The van der Waals surface area contributed by atoms with E-state index in [9.17, 15) is 4.79 Å². The number of rotatable bonds is 8. The lowest BCUT2D eigenvalue weighted by molar-refractivity contribution is -0.117. The quantitative estimate of drug-likeness (QED) is 0.327. The van der Waals surface area contributed by atoms with Gasteiger partial charge in [0.05, 0.1) is 32.8 Å². The molecule has 1 aromatic carbocycles. The van der Waals surface area contributed by atoms with Crippen LogP contribution in [0.3, 0.4) is 0 Å². The number of para-hydroxylation sites is 2. The molecule has 1 aliphatic heterocycles. The molecular formula is C22H28N6OS3. The van der Waals surface area contributed by atoms with Gasteiger partial charge in [-0.25, -0.2) is 4.98 Å². The Bertz CT molecular complexity index is 1100. The molecule has 4 rings (SSSR count). The maximum absolute atomic E-state index is 12.6. The van der Waals surface area contributed by atoms with E-state index in [4.69, 9.17) is 12.2 Å². The summed E-state index contributed by atoms with van der Waals surface area (Å²) in [6.45, 7) is 7.08. The van der Waals surface area contributed by atoms with Gasteiger partial charge in [-0.2, -0.15) is 0 Å². The minimum Gasteiger partial charge on any atom is -0.352 e. The molecule has 10 heteroatoms. The summed E-state index contributed by atoms with van der Waals surface area (Å²) in [5.41, 5.74) is 3.80. The molecule has 32 heavy (non-hydrogen) atoms. The molecule has 7 nitrogen and oxygen atoms in total. The van der Waals surface area contributed by atoms with Crippen LogP contribution in [0, 0.1) is 11.4 Å². The lowest BCUT2D eigenvalue weighted by Crippen LogP contribution is -2.49. The summed E-state index contributed by atoms with van der Waals surface area (Å²) < 4.78 is 0.672. The molecule has 3 heterocycles. The topological polar surface area (TPSA) is 80.1 Å². The number of aryl methyl sites for hydroxylation is 1. The van der Waals surface area contributed by atoms with Gasteiger partial charge in [0.25, 0.3) is 0 Å². The molecule has 0 radical (unpaired) electrons. The van der Waals surface area contributed by atoms with Gasteiger partial charge in [-0.3, -0.25) is 14.6 Å². The van der Waals surface area contributed by atoms with E-state index in [1.807, 2.05) is 37.4 Å². The average molecular weight is 489 g/mol. The van der Waals surface area contributed by atoms with Crippen LogP contribution in [0.4, 0.5) is 5.69 Å². The van der Waals surface area contributed by atoms with Gasteiger partial charge in [0.2, 0.25) is 5.91 Å². The SMILES string of the molecule is CSc1[nH]c(C)cc(=S)c1NC(=O)CN1CCN(CCSc2nc3ccccc3[nH]2)CC1. The van der Waals surface area contributed by atoms with Crippen LogP contribution in [0.2, 0.25) is 0 Å². The second kappa shape index (κ2) is 10.8. The van der Waals surface area contributed by atoms with Gasteiger partial charge in [0, 0.05) is 44.2 Å². The first kappa shape index (κ1) is 23.3. The normalized spacial score (nSPS) is 15.3. The third-order valence-corrected chi connectivity index (χ3v) is 7.34. The summed E-state index contributed by atoms with van der Waals surface area (Å²) in [7, 11) is 0. The zero-order valence-corrected chi connectivity index (χ0v) is 20.8. The number of piperazine rings is 1. The van der Waals surface area contributed by atoms with Crippen LogP contribution in [0.1, 0.15) is 5.69 Å². The summed E-state index contributed by atoms with van der Waals surface area (Å²) >= 11 is 8.76. The number of pyridine rings is 1. The van der Waals surface area contributed by atoms with Crippen LogP contribution in [-0.2, 0) is 4.79 Å². The Morgan fingerprint density at radius 2 is 1.94 bits per heavy atom. The van der Waals surface area contributed by atoms with Crippen LogP contribution in [0.15, 0.2) is 40.5 Å². The Labute approximate surface area is 201 Å². The number of carbonyl (C=O) groups is 1. The number of hydrogen-bond acceptors (Lipinski definition) is 7. The van der Waals surface area contributed by atoms with E-state index >= 15 is 0 Å². The molecule has 1 saturated heterocycles. The van der Waals surface area contributed by atoms with Crippen LogP contribution >= 0.6 is 35.7 Å². The number of fused-ring (bicyclic) bond motifs is 1. The standard InChI is InChI=1S/C22H28N6OS3/c1-15-13-18(30)20(21(23-15)31-2)26-19(29)14-28-9-7-27(8-10-28)11-12-32-22-24-16-5-3-4-6-17(16)25-22/h3-6,13H,7-12,14H2,1-2H3,(H,23,30)(H,24,25)(H,26,29). The van der Waals surface area contributed by atoms with Crippen LogP contribution in [0.25, 0.3) is 11.0 Å². The number of amides is 1. The van der Waals surface area contributed by atoms with Crippen molar-refractivity contribution in [1.29, 1.82) is 0 Å². The summed E-state index contributed by atoms with van der Waals surface area (Å²) in [5, 5.41) is 4.89. The van der Waals surface area contributed by atoms with Crippen molar-refractivity contribution in [2.45, 2.75) is 17.1 Å². The highest BCUT2D eigenvalue weighted by atomic mass is 32.2. The van der Waals surface area contributed by atoms with Crippen molar-refractivity contribution in [2.75, 3.05) is 56.6 Å². The highest BCUT2D eigenvalue weighted by Gasteiger charge is 2.20. The molecule has 1 amide bonds. The van der Waals surface area contributed by atoms with Crippen molar-refractivity contribution < 1.29 is 4.79 Å². The highest BCUT2D eigenvalue weighted by Crippen LogP contribution is 2.25. The number of hydrogen-bond donors (Lipinski definition) is 3. The summed E-state index contributed by atoms with van der Waals surface area (Å²) in [6, 6.07) is 9.99. The minimum absolute atomic E-state index is 0.0162. The van der Waals surface area contributed by atoms with Gasteiger partial charge >= 0.3 is 0 Å². The van der Waals surface area contributed by atoms with Crippen molar-refractivity contribution in [2.24, 2.45) is 0 Å². The maximum Gasteiger partial charge on any atom is 0.238 e. The maximum atomic E-state index is 12.6. The van der Waals surface area contributed by atoms with Gasteiger partial charge in [-0.1, -0.05) is 36.1 Å². The molecule has 1 aliphatic rings. The van der Waals surface area contributed by atoms with Gasteiger partial charge in [0.1, 0.15) is 0 Å². The van der Waals surface area contributed by atoms with Gasteiger partial charge < -0.3 is 15.3 Å². The number of anilines is 1. The number of imidazole rings is 1. The van der Waals surface area contributed by atoms with Gasteiger partial charge in [0.15, 0.2) is 5.16 Å². The molecule has 0 atom stereocenters. The fraction of sp³-hybridized carbons (Fsp3) is 0.409. The number of aromatic amines is 2. The number of nitrogens with zero attached hydrogens (tertiary/aromatic N) is 3. The largest absolute Gasteiger partial charge is 0.352 e. The number of thioether (sulfide) groups is 2. The number of H-pyrrole nitrogens is 2. The lowest BCUT2D eigenvalue weighted by Gasteiger charge is -2.34. The van der Waals surface area contributed by atoms with E-state index < -0.39 is 0 Å². The smallest absolute Gasteiger partial charge is 0.238 e. The van der Waals surface area contributed by atoms with Crippen molar-refractivity contribution in [3.8, 4) is 0 Å². The molecule has 0 aliphatic carbocycles. The van der Waals surface area contributed by atoms with E-state index in [1.165, 1.54) is 0 Å². The lowest BCUT2D eigenvalue weighted by atomic mass is 10.3. The molecule has 0 bridgehead atoms. The van der Waals surface area contributed by atoms with Crippen molar-refractivity contribution in [3.05, 3.63) is 40.5 Å². The molecule has 0 unspecified atom stereocenters. The molecule has 170 valence electrons. The monoisotopic (exact) mass is 488 g/mol. The minimum atomic E-state index is -0.0162. The van der Waals surface area contributed by atoms with Crippen LogP contribution in [0.5, 0.6) is 0 Å². The molecular weight excluding hydrogens is 460 g/mol. The number of nitrogens with one attached hydrogen (secondary N) is 3. The Hall–Kier alpha value is -1.85. The summed E-state index contributed by atoms with van der Waals surface area (Å²) in [5.74, 6) is 0.973.